The molecule has 1 aromatic rings. The molecule has 0 aliphatic carbocycles. The minimum atomic E-state index is 0.927. The molecule has 1 saturated heterocycles. The van der Waals surface area contributed by atoms with Crippen molar-refractivity contribution in [2.75, 3.05) is 44.2 Å². The van der Waals surface area contributed by atoms with Gasteiger partial charge in [-0.3, -0.25) is 0 Å². The minimum absolute atomic E-state index is 0.927. The Hall–Kier alpha value is -1.13. The van der Waals surface area contributed by atoms with Crippen molar-refractivity contribution in [3.63, 3.8) is 0 Å². The van der Waals surface area contributed by atoms with Crippen LogP contribution in [-0.4, -0.2) is 49.2 Å². The molecule has 118 valence electrons. The molecule has 1 aliphatic rings. The number of rotatable bonds is 6. The molecular formula is C17H30N4. The van der Waals surface area contributed by atoms with Crippen LogP contribution in [0.25, 0.3) is 0 Å². The summed E-state index contributed by atoms with van der Waals surface area (Å²) < 4.78 is 0. The van der Waals surface area contributed by atoms with Crippen molar-refractivity contribution in [2.24, 2.45) is 0 Å². The van der Waals surface area contributed by atoms with E-state index in [4.69, 9.17) is 4.98 Å². The van der Waals surface area contributed by atoms with Crippen LogP contribution in [0.1, 0.15) is 37.1 Å². The van der Waals surface area contributed by atoms with Crippen LogP contribution in [0.4, 0.5) is 5.82 Å². The number of piperazine rings is 1. The zero-order valence-corrected chi connectivity index (χ0v) is 14.1. The van der Waals surface area contributed by atoms with Crippen molar-refractivity contribution in [2.45, 2.75) is 40.7 Å². The fraction of sp³-hybridized carbons (Fsp3) is 0.706. The summed E-state index contributed by atoms with van der Waals surface area (Å²) in [6, 6.07) is 2.20. The standard InChI is InChI=1S/C17H30N4/c1-5-7-18-13-16-14(3)12-15(4)19-17(16)21-10-8-20(6-2)9-11-21/h12,18H,5-11,13H2,1-4H3. The minimum Gasteiger partial charge on any atom is -0.354 e. The van der Waals surface area contributed by atoms with E-state index in [2.05, 4.69) is 48.9 Å². The van der Waals surface area contributed by atoms with E-state index in [-0.39, 0.29) is 0 Å². The van der Waals surface area contributed by atoms with E-state index in [0.717, 1.165) is 51.5 Å². The Balaban J connectivity index is 2.16. The van der Waals surface area contributed by atoms with Gasteiger partial charge in [0.1, 0.15) is 5.82 Å². The first kappa shape index (κ1) is 16.2. The third-order valence-corrected chi connectivity index (χ3v) is 4.30. The van der Waals surface area contributed by atoms with Crippen LogP contribution in [-0.2, 0) is 6.54 Å². The predicted octanol–water partition coefficient (Wildman–Crippen LogP) is 2.34. The third-order valence-electron chi connectivity index (χ3n) is 4.30. The van der Waals surface area contributed by atoms with Crippen molar-refractivity contribution in [3.8, 4) is 0 Å². The quantitative estimate of drug-likeness (QED) is 0.815. The van der Waals surface area contributed by atoms with Gasteiger partial charge in [-0.05, 0) is 45.0 Å². The normalized spacial score (nSPS) is 16.5. The van der Waals surface area contributed by atoms with E-state index >= 15 is 0 Å². The lowest BCUT2D eigenvalue weighted by Gasteiger charge is -2.36. The lowest BCUT2D eigenvalue weighted by atomic mass is 10.1. The zero-order valence-electron chi connectivity index (χ0n) is 14.1. The Morgan fingerprint density at radius 1 is 1.14 bits per heavy atom. The van der Waals surface area contributed by atoms with Crippen LogP contribution in [0.5, 0.6) is 0 Å². The highest BCUT2D eigenvalue weighted by atomic mass is 15.3. The summed E-state index contributed by atoms with van der Waals surface area (Å²) in [5.41, 5.74) is 3.86. The van der Waals surface area contributed by atoms with Crippen LogP contribution < -0.4 is 10.2 Å². The maximum absolute atomic E-state index is 4.85. The van der Waals surface area contributed by atoms with Gasteiger partial charge in [0.15, 0.2) is 0 Å². The van der Waals surface area contributed by atoms with Gasteiger partial charge in [0.25, 0.3) is 0 Å². The molecule has 0 spiro atoms. The molecule has 21 heavy (non-hydrogen) atoms. The fourth-order valence-corrected chi connectivity index (χ4v) is 2.99. The summed E-state index contributed by atoms with van der Waals surface area (Å²) in [4.78, 5) is 9.83. The molecule has 0 aromatic carbocycles. The van der Waals surface area contributed by atoms with Gasteiger partial charge in [0, 0.05) is 44.0 Å². The van der Waals surface area contributed by atoms with Gasteiger partial charge in [-0.2, -0.15) is 0 Å². The highest BCUT2D eigenvalue weighted by molar-refractivity contribution is 5.52. The molecule has 0 atom stereocenters. The van der Waals surface area contributed by atoms with Crippen molar-refractivity contribution in [3.05, 3.63) is 22.9 Å². The van der Waals surface area contributed by atoms with Gasteiger partial charge in [0.05, 0.1) is 0 Å². The topological polar surface area (TPSA) is 31.4 Å². The van der Waals surface area contributed by atoms with E-state index in [0.29, 0.717) is 0 Å². The largest absolute Gasteiger partial charge is 0.354 e. The number of hydrogen-bond donors (Lipinski definition) is 1. The average molecular weight is 290 g/mol. The number of aryl methyl sites for hydroxylation is 2. The van der Waals surface area contributed by atoms with Gasteiger partial charge >= 0.3 is 0 Å². The Morgan fingerprint density at radius 3 is 2.48 bits per heavy atom. The Bertz CT molecular complexity index is 450. The van der Waals surface area contributed by atoms with E-state index < -0.39 is 0 Å². The van der Waals surface area contributed by atoms with Gasteiger partial charge < -0.3 is 15.1 Å². The summed E-state index contributed by atoms with van der Waals surface area (Å²) in [6.45, 7) is 16.4. The highest BCUT2D eigenvalue weighted by Gasteiger charge is 2.20. The second-order valence-corrected chi connectivity index (χ2v) is 5.98. The SMILES string of the molecule is CCCNCc1c(C)cc(C)nc1N1CCN(CC)CC1. The molecule has 4 nitrogen and oxygen atoms in total. The molecule has 2 heterocycles. The summed E-state index contributed by atoms with van der Waals surface area (Å²) in [6.07, 6.45) is 1.17. The molecular weight excluding hydrogens is 260 g/mol. The molecule has 1 N–H and O–H groups in total. The molecule has 0 amide bonds. The second kappa shape index (κ2) is 7.76. The first-order valence-corrected chi connectivity index (χ1v) is 8.30. The zero-order chi connectivity index (χ0) is 15.2. The molecule has 0 radical (unpaired) electrons. The van der Waals surface area contributed by atoms with Crippen LogP contribution >= 0.6 is 0 Å². The summed E-state index contributed by atoms with van der Waals surface area (Å²) in [5, 5.41) is 3.53. The number of nitrogens with one attached hydrogen (secondary N) is 1. The number of anilines is 1. The van der Waals surface area contributed by atoms with Crippen LogP contribution in [0.2, 0.25) is 0 Å². The Morgan fingerprint density at radius 2 is 1.86 bits per heavy atom. The molecule has 0 saturated carbocycles. The van der Waals surface area contributed by atoms with E-state index in [1.54, 1.807) is 0 Å². The maximum Gasteiger partial charge on any atom is 0.133 e. The van der Waals surface area contributed by atoms with Crippen LogP contribution in [0, 0.1) is 13.8 Å². The second-order valence-electron chi connectivity index (χ2n) is 5.98. The molecule has 1 aliphatic heterocycles. The van der Waals surface area contributed by atoms with Crippen molar-refractivity contribution < 1.29 is 0 Å². The maximum atomic E-state index is 4.85. The van der Waals surface area contributed by atoms with E-state index in [1.165, 1.54) is 23.4 Å². The predicted molar refractivity (Wildman–Crippen MR) is 90.0 cm³/mol. The number of aromatic nitrogens is 1. The summed E-state index contributed by atoms with van der Waals surface area (Å²) >= 11 is 0. The number of likely N-dealkylation sites (N-methyl/N-ethyl adjacent to an activating group) is 1. The molecule has 1 fully saturated rings. The first-order valence-electron chi connectivity index (χ1n) is 8.30. The number of hydrogen-bond acceptors (Lipinski definition) is 4. The third kappa shape index (κ3) is 4.17. The van der Waals surface area contributed by atoms with Gasteiger partial charge in [-0.1, -0.05) is 13.8 Å². The highest BCUT2D eigenvalue weighted by Crippen LogP contribution is 2.23. The van der Waals surface area contributed by atoms with Crippen molar-refractivity contribution in [1.82, 2.24) is 15.2 Å². The molecule has 4 heteroatoms. The van der Waals surface area contributed by atoms with Gasteiger partial charge in [-0.25, -0.2) is 4.98 Å². The first-order chi connectivity index (χ1) is 10.2. The van der Waals surface area contributed by atoms with Crippen LogP contribution in [0.3, 0.4) is 0 Å². The number of pyridine rings is 1. The van der Waals surface area contributed by atoms with Gasteiger partial charge in [-0.15, -0.1) is 0 Å². The lowest BCUT2D eigenvalue weighted by molar-refractivity contribution is 0.270. The molecule has 0 bridgehead atoms. The van der Waals surface area contributed by atoms with Crippen LogP contribution in [0.15, 0.2) is 6.07 Å². The lowest BCUT2D eigenvalue weighted by Crippen LogP contribution is -2.47. The monoisotopic (exact) mass is 290 g/mol. The van der Waals surface area contributed by atoms with E-state index in [9.17, 15) is 0 Å². The van der Waals surface area contributed by atoms with E-state index in [1.807, 2.05) is 0 Å². The Labute approximate surface area is 129 Å². The molecule has 2 rings (SSSR count). The van der Waals surface area contributed by atoms with Crippen molar-refractivity contribution >= 4 is 5.82 Å². The molecule has 1 aromatic heterocycles. The Kier molecular flexibility index (Phi) is 6.00. The number of nitrogens with zero attached hydrogens (tertiary/aromatic N) is 3. The van der Waals surface area contributed by atoms with Gasteiger partial charge in [0.2, 0.25) is 0 Å². The van der Waals surface area contributed by atoms with Crippen molar-refractivity contribution in [1.29, 1.82) is 0 Å². The fourth-order valence-electron chi connectivity index (χ4n) is 2.99. The summed E-state index contributed by atoms with van der Waals surface area (Å²) in [5.74, 6) is 1.20. The average Bonchev–Trinajstić information content (AvgIpc) is 2.49. The molecule has 0 unspecified atom stereocenters. The summed E-state index contributed by atoms with van der Waals surface area (Å²) in [7, 11) is 0. The smallest absolute Gasteiger partial charge is 0.133 e.